The minimum atomic E-state index is -0.128. The van der Waals surface area contributed by atoms with Gasteiger partial charge in [-0.15, -0.1) is 11.3 Å². The molecule has 0 spiro atoms. The maximum absolute atomic E-state index is 11.9. The standard InChI is InChI=1S/C18H21NO2S/c1-12(2)21-16-7-5-6-15(11-16)8-9-17(20)19-18-10-13(3)14(4)22-18/h5-12H,1-4H3,(H,19,20)/b9-8+. The van der Waals surface area contributed by atoms with Gasteiger partial charge in [-0.1, -0.05) is 12.1 Å². The third kappa shape index (κ3) is 4.74. The van der Waals surface area contributed by atoms with Crippen LogP contribution in [0.15, 0.2) is 36.4 Å². The Morgan fingerprint density at radius 1 is 1.27 bits per heavy atom. The van der Waals surface area contributed by atoms with E-state index >= 15 is 0 Å². The first kappa shape index (κ1) is 16.3. The van der Waals surface area contributed by atoms with Crippen LogP contribution in [0.5, 0.6) is 5.75 Å². The normalized spacial score (nSPS) is 11.1. The first-order valence-electron chi connectivity index (χ1n) is 7.27. The van der Waals surface area contributed by atoms with Crippen LogP contribution in [0.2, 0.25) is 0 Å². The quantitative estimate of drug-likeness (QED) is 0.805. The molecule has 2 aromatic rings. The Kier molecular flexibility index (Phi) is 5.39. The number of anilines is 1. The Bertz CT molecular complexity index is 667. The topological polar surface area (TPSA) is 38.3 Å². The lowest BCUT2D eigenvalue weighted by Crippen LogP contribution is -2.06. The Hall–Kier alpha value is -2.07. The molecule has 3 nitrogen and oxygen atoms in total. The molecule has 0 saturated heterocycles. The minimum Gasteiger partial charge on any atom is -0.491 e. The number of thiophene rings is 1. The fraction of sp³-hybridized carbons (Fsp3) is 0.278. The van der Waals surface area contributed by atoms with E-state index in [0.29, 0.717) is 0 Å². The van der Waals surface area contributed by atoms with Gasteiger partial charge < -0.3 is 10.1 Å². The van der Waals surface area contributed by atoms with E-state index in [1.54, 1.807) is 23.5 Å². The van der Waals surface area contributed by atoms with Crippen molar-refractivity contribution in [2.24, 2.45) is 0 Å². The van der Waals surface area contributed by atoms with E-state index in [0.717, 1.165) is 16.3 Å². The van der Waals surface area contributed by atoms with Crippen molar-refractivity contribution in [2.45, 2.75) is 33.8 Å². The highest BCUT2D eigenvalue weighted by Gasteiger charge is 2.04. The van der Waals surface area contributed by atoms with E-state index in [4.69, 9.17) is 4.74 Å². The van der Waals surface area contributed by atoms with Crippen molar-refractivity contribution in [1.82, 2.24) is 0 Å². The van der Waals surface area contributed by atoms with E-state index in [-0.39, 0.29) is 12.0 Å². The Balaban J connectivity index is 2.00. The zero-order chi connectivity index (χ0) is 16.1. The molecule has 1 aromatic carbocycles. The monoisotopic (exact) mass is 315 g/mol. The number of aryl methyl sites for hydroxylation is 2. The fourth-order valence-electron chi connectivity index (χ4n) is 1.93. The largest absolute Gasteiger partial charge is 0.491 e. The van der Waals surface area contributed by atoms with Crippen LogP contribution in [0.4, 0.5) is 5.00 Å². The molecule has 0 aliphatic carbocycles. The third-order valence-electron chi connectivity index (χ3n) is 3.07. The van der Waals surface area contributed by atoms with Crippen LogP contribution in [-0.4, -0.2) is 12.0 Å². The third-order valence-corrected chi connectivity index (χ3v) is 4.14. The summed E-state index contributed by atoms with van der Waals surface area (Å²) in [5, 5.41) is 3.76. The van der Waals surface area contributed by atoms with Crippen LogP contribution >= 0.6 is 11.3 Å². The number of benzene rings is 1. The van der Waals surface area contributed by atoms with Crippen molar-refractivity contribution in [2.75, 3.05) is 5.32 Å². The maximum atomic E-state index is 11.9. The molecule has 0 aliphatic heterocycles. The smallest absolute Gasteiger partial charge is 0.248 e. The molecule has 2 rings (SSSR count). The van der Waals surface area contributed by atoms with Gasteiger partial charge in [0.05, 0.1) is 11.1 Å². The van der Waals surface area contributed by atoms with Crippen molar-refractivity contribution in [3.05, 3.63) is 52.4 Å². The molecule has 22 heavy (non-hydrogen) atoms. The number of amides is 1. The molecule has 0 atom stereocenters. The Labute approximate surface area is 135 Å². The van der Waals surface area contributed by atoms with E-state index in [1.165, 1.54) is 10.4 Å². The summed E-state index contributed by atoms with van der Waals surface area (Å²) in [5.41, 5.74) is 2.13. The molecule has 0 unspecified atom stereocenters. The molecular weight excluding hydrogens is 294 g/mol. The molecule has 1 amide bonds. The first-order chi connectivity index (χ1) is 10.4. The van der Waals surface area contributed by atoms with Crippen LogP contribution < -0.4 is 10.1 Å². The van der Waals surface area contributed by atoms with Gasteiger partial charge in [0.25, 0.3) is 0 Å². The van der Waals surface area contributed by atoms with Gasteiger partial charge in [0.1, 0.15) is 5.75 Å². The summed E-state index contributed by atoms with van der Waals surface area (Å²) in [4.78, 5) is 13.2. The van der Waals surface area contributed by atoms with E-state index in [2.05, 4.69) is 5.32 Å². The summed E-state index contributed by atoms with van der Waals surface area (Å²) in [5.74, 6) is 0.679. The second-order valence-corrected chi connectivity index (χ2v) is 6.67. The predicted molar refractivity (Wildman–Crippen MR) is 93.7 cm³/mol. The summed E-state index contributed by atoms with van der Waals surface area (Å²) < 4.78 is 5.64. The van der Waals surface area contributed by atoms with Crippen molar-refractivity contribution in [1.29, 1.82) is 0 Å². The lowest BCUT2D eigenvalue weighted by atomic mass is 10.2. The van der Waals surface area contributed by atoms with E-state index in [1.807, 2.05) is 58.0 Å². The lowest BCUT2D eigenvalue weighted by molar-refractivity contribution is -0.111. The molecule has 1 N–H and O–H groups in total. The number of rotatable bonds is 5. The highest BCUT2D eigenvalue weighted by atomic mass is 32.1. The van der Waals surface area contributed by atoms with Crippen LogP contribution in [-0.2, 0) is 4.79 Å². The molecule has 0 fully saturated rings. The number of hydrogen-bond donors (Lipinski definition) is 1. The zero-order valence-electron chi connectivity index (χ0n) is 13.3. The molecule has 0 saturated carbocycles. The van der Waals surface area contributed by atoms with Crippen molar-refractivity contribution < 1.29 is 9.53 Å². The van der Waals surface area contributed by atoms with Gasteiger partial charge in [0, 0.05) is 11.0 Å². The average molecular weight is 315 g/mol. The summed E-state index contributed by atoms with van der Waals surface area (Å²) >= 11 is 1.59. The molecule has 4 heteroatoms. The Morgan fingerprint density at radius 3 is 2.68 bits per heavy atom. The predicted octanol–water partition coefficient (Wildman–Crippen LogP) is 4.80. The summed E-state index contributed by atoms with van der Waals surface area (Å²) in [6.07, 6.45) is 3.46. The molecule has 0 radical (unpaired) electrons. The number of ether oxygens (including phenoxy) is 1. The second-order valence-electron chi connectivity index (χ2n) is 5.41. The van der Waals surface area contributed by atoms with Crippen LogP contribution in [0.25, 0.3) is 6.08 Å². The highest BCUT2D eigenvalue weighted by molar-refractivity contribution is 7.16. The number of carbonyl (C=O) groups excluding carboxylic acids is 1. The molecule has 116 valence electrons. The average Bonchev–Trinajstić information content (AvgIpc) is 2.74. The number of nitrogens with one attached hydrogen (secondary N) is 1. The number of carbonyl (C=O) groups is 1. The van der Waals surface area contributed by atoms with Gasteiger partial charge in [0.2, 0.25) is 5.91 Å². The van der Waals surface area contributed by atoms with Gasteiger partial charge >= 0.3 is 0 Å². The van der Waals surface area contributed by atoms with Gasteiger partial charge in [-0.05, 0) is 63.1 Å². The Morgan fingerprint density at radius 2 is 2.05 bits per heavy atom. The summed E-state index contributed by atoms with van der Waals surface area (Å²) in [7, 11) is 0. The van der Waals surface area contributed by atoms with Gasteiger partial charge in [-0.25, -0.2) is 0 Å². The van der Waals surface area contributed by atoms with Gasteiger partial charge in [0.15, 0.2) is 0 Å². The first-order valence-corrected chi connectivity index (χ1v) is 8.08. The second kappa shape index (κ2) is 7.27. The van der Waals surface area contributed by atoms with E-state index < -0.39 is 0 Å². The number of hydrogen-bond acceptors (Lipinski definition) is 3. The molecule has 0 bridgehead atoms. The SMILES string of the molecule is Cc1cc(NC(=O)/C=C/c2cccc(OC(C)C)c2)sc1C. The summed E-state index contributed by atoms with van der Waals surface area (Å²) in [6, 6.07) is 9.68. The van der Waals surface area contributed by atoms with Gasteiger partial charge in [-0.3, -0.25) is 4.79 Å². The van der Waals surface area contributed by atoms with Crippen LogP contribution in [0.3, 0.4) is 0 Å². The molecular formula is C18H21NO2S. The zero-order valence-corrected chi connectivity index (χ0v) is 14.2. The lowest BCUT2D eigenvalue weighted by Gasteiger charge is -2.09. The maximum Gasteiger partial charge on any atom is 0.248 e. The molecule has 0 aliphatic rings. The molecule has 1 heterocycles. The van der Waals surface area contributed by atoms with Crippen molar-refractivity contribution in [3.63, 3.8) is 0 Å². The highest BCUT2D eigenvalue weighted by Crippen LogP contribution is 2.25. The van der Waals surface area contributed by atoms with Crippen molar-refractivity contribution >= 4 is 28.3 Å². The minimum absolute atomic E-state index is 0.128. The van der Waals surface area contributed by atoms with Crippen LogP contribution in [0, 0.1) is 13.8 Å². The van der Waals surface area contributed by atoms with Crippen LogP contribution in [0.1, 0.15) is 29.9 Å². The molecule has 1 aromatic heterocycles. The fourth-order valence-corrected chi connectivity index (χ4v) is 2.87. The van der Waals surface area contributed by atoms with Crippen molar-refractivity contribution in [3.8, 4) is 5.75 Å². The van der Waals surface area contributed by atoms with E-state index in [9.17, 15) is 4.79 Å². The van der Waals surface area contributed by atoms with Gasteiger partial charge in [-0.2, -0.15) is 0 Å². The summed E-state index contributed by atoms with van der Waals surface area (Å²) in [6.45, 7) is 8.06.